The lowest BCUT2D eigenvalue weighted by Crippen LogP contribution is -2.43. The summed E-state index contributed by atoms with van der Waals surface area (Å²) in [6.07, 6.45) is 4.71. The number of methoxy groups -OCH3 is 1. The SMILES string of the molecule is COc1ccccc1C1(NCc2ccc(O)c(CN3CCN(C)CC3)c2)CCCC1.Cl.Cl.Cl. The van der Waals surface area contributed by atoms with Gasteiger partial charge in [-0.2, -0.15) is 0 Å². The van der Waals surface area contributed by atoms with Gasteiger partial charge >= 0.3 is 0 Å². The molecule has 0 amide bonds. The molecule has 0 radical (unpaired) electrons. The first-order valence-electron chi connectivity index (χ1n) is 11.2. The molecule has 1 aliphatic carbocycles. The van der Waals surface area contributed by atoms with E-state index in [1.807, 2.05) is 18.2 Å². The van der Waals surface area contributed by atoms with E-state index in [-0.39, 0.29) is 42.8 Å². The Labute approximate surface area is 217 Å². The van der Waals surface area contributed by atoms with Gasteiger partial charge in [-0.15, -0.1) is 37.2 Å². The van der Waals surface area contributed by atoms with E-state index >= 15 is 0 Å². The van der Waals surface area contributed by atoms with Crippen molar-refractivity contribution in [3.63, 3.8) is 0 Å². The normalized spacial score (nSPS) is 18.0. The van der Waals surface area contributed by atoms with E-state index in [0.717, 1.165) is 63.4 Å². The molecule has 2 aliphatic rings. The van der Waals surface area contributed by atoms with Crippen LogP contribution in [0.15, 0.2) is 42.5 Å². The van der Waals surface area contributed by atoms with Gasteiger partial charge in [0.1, 0.15) is 11.5 Å². The molecule has 4 rings (SSSR count). The van der Waals surface area contributed by atoms with Gasteiger partial charge in [0, 0.05) is 55.9 Å². The van der Waals surface area contributed by atoms with E-state index in [9.17, 15) is 5.11 Å². The Hall–Kier alpha value is -1.21. The zero-order chi connectivity index (χ0) is 21.0. The summed E-state index contributed by atoms with van der Waals surface area (Å²) in [6.45, 7) is 5.87. The highest BCUT2D eigenvalue weighted by molar-refractivity contribution is 5.86. The molecule has 0 bridgehead atoms. The van der Waals surface area contributed by atoms with Crippen molar-refractivity contribution in [2.45, 2.75) is 44.3 Å². The van der Waals surface area contributed by atoms with Gasteiger partial charge in [0.15, 0.2) is 0 Å². The van der Waals surface area contributed by atoms with E-state index in [4.69, 9.17) is 4.74 Å². The van der Waals surface area contributed by atoms with Crippen LogP contribution in [-0.2, 0) is 18.6 Å². The van der Waals surface area contributed by atoms with E-state index in [1.54, 1.807) is 7.11 Å². The number of likely N-dealkylation sites (N-methyl/N-ethyl adjacent to an activating group) is 1. The molecule has 0 unspecified atom stereocenters. The minimum Gasteiger partial charge on any atom is -0.508 e. The molecule has 1 heterocycles. The number of phenolic OH excluding ortho intramolecular Hbond substituents is 1. The number of rotatable bonds is 7. The summed E-state index contributed by atoms with van der Waals surface area (Å²) in [5.41, 5.74) is 3.47. The fourth-order valence-corrected chi connectivity index (χ4v) is 4.95. The van der Waals surface area contributed by atoms with Crippen LogP contribution in [0.5, 0.6) is 11.5 Å². The van der Waals surface area contributed by atoms with Crippen molar-refractivity contribution in [2.75, 3.05) is 40.3 Å². The molecule has 0 spiro atoms. The molecule has 2 N–H and O–H groups in total. The molecule has 33 heavy (non-hydrogen) atoms. The molecule has 0 aromatic heterocycles. The highest BCUT2D eigenvalue weighted by atomic mass is 35.5. The number of piperazine rings is 1. The topological polar surface area (TPSA) is 48.0 Å². The summed E-state index contributed by atoms with van der Waals surface area (Å²) >= 11 is 0. The van der Waals surface area contributed by atoms with Crippen molar-refractivity contribution in [1.82, 2.24) is 15.1 Å². The molecule has 1 saturated carbocycles. The van der Waals surface area contributed by atoms with Gasteiger partial charge in [-0.05, 0) is 43.7 Å². The smallest absolute Gasteiger partial charge is 0.123 e. The predicted molar refractivity (Wildman–Crippen MR) is 143 cm³/mol. The van der Waals surface area contributed by atoms with Gasteiger partial charge < -0.3 is 20.1 Å². The number of hydrogen-bond acceptors (Lipinski definition) is 5. The van der Waals surface area contributed by atoms with Gasteiger partial charge in [-0.3, -0.25) is 4.90 Å². The Bertz CT molecular complexity index is 855. The summed E-state index contributed by atoms with van der Waals surface area (Å²) < 4.78 is 5.68. The van der Waals surface area contributed by atoms with Crippen LogP contribution in [0.3, 0.4) is 0 Å². The number of halogens is 3. The minimum absolute atomic E-state index is 0. The van der Waals surface area contributed by atoms with E-state index < -0.39 is 0 Å². The fourth-order valence-electron chi connectivity index (χ4n) is 4.95. The molecular formula is C25H38Cl3N3O2. The Kier molecular flexibility index (Phi) is 12.3. The number of aromatic hydroxyl groups is 1. The Morgan fingerprint density at radius 1 is 0.970 bits per heavy atom. The maximum absolute atomic E-state index is 10.4. The first-order chi connectivity index (χ1) is 14.6. The summed E-state index contributed by atoms with van der Waals surface area (Å²) in [4.78, 5) is 4.79. The monoisotopic (exact) mass is 517 g/mol. The molecular weight excluding hydrogens is 481 g/mol. The third-order valence-electron chi connectivity index (χ3n) is 6.84. The predicted octanol–water partition coefficient (Wildman–Crippen LogP) is 4.97. The van der Waals surface area contributed by atoms with E-state index in [0.29, 0.717) is 5.75 Å². The van der Waals surface area contributed by atoms with Crippen LogP contribution >= 0.6 is 37.2 Å². The fraction of sp³-hybridized carbons (Fsp3) is 0.520. The Morgan fingerprint density at radius 3 is 2.30 bits per heavy atom. The van der Waals surface area contributed by atoms with Gasteiger partial charge in [0.25, 0.3) is 0 Å². The van der Waals surface area contributed by atoms with Crippen LogP contribution in [0.1, 0.15) is 42.4 Å². The zero-order valence-corrected chi connectivity index (χ0v) is 22.0. The molecule has 8 heteroatoms. The molecule has 2 aromatic rings. The summed E-state index contributed by atoms with van der Waals surface area (Å²) in [6, 6.07) is 14.5. The standard InChI is InChI=1S/C25H35N3O2.3ClH/c1-27-13-15-28(16-14-27)19-21-17-20(9-10-23(21)29)18-26-25(11-5-6-12-25)22-7-3-4-8-24(22)30-2;;;/h3-4,7-10,17,26,29H,5-6,11-16,18-19H2,1-2H3;3*1H. The third-order valence-corrected chi connectivity index (χ3v) is 6.84. The van der Waals surface area contributed by atoms with Gasteiger partial charge in [-0.1, -0.05) is 37.1 Å². The first-order valence-corrected chi connectivity index (χ1v) is 11.2. The molecule has 1 saturated heterocycles. The van der Waals surface area contributed by atoms with Crippen molar-refractivity contribution in [1.29, 1.82) is 0 Å². The molecule has 1 aliphatic heterocycles. The second kappa shape index (κ2) is 13.6. The van der Waals surface area contributed by atoms with Crippen LogP contribution in [0.2, 0.25) is 0 Å². The van der Waals surface area contributed by atoms with Crippen LogP contribution in [0.4, 0.5) is 0 Å². The van der Waals surface area contributed by atoms with Crippen LogP contribution in [-0.4, -0.2) is 55.2 Å². The minimum atomic E-state index is -0.0396. The Balaban J connectivity index is 0.00000181. The molecule has 2 fully saturated rings. The summed E-state index contributed by atoms with van der Waals surface area (Å²) in [5.74, 6) is 1.37. The van der Waals surface area contributed by atoms with Gasteiger partial charge in [-0.25, -0.2) is 0 Å². The molecule has 186 valence electrons. The zero-order valence-electron chi connectivity index (χ0n) is 19.6. The lowest BCUT2D eigenvalue weighted by molar-refractivity contribution is 0.147. The van der Waals surface area contributed by atoms with Crippen molar-refractivity contribution in [3.8, 4) is 11.5 Å². The van der Waals surface area contributed by atoms with Crippen molar-refractivity contribution >= 4 is 37.2 Å². The van der Waals surface area contributed by atoms with Crippen LogP contribution < -0.4 is 10.1 Å². The largest absolute Gasteiger partial charge is 0.508 e. The maximum Gasteiger partial charge on any atom is 0.123 e. The second-order valence-corrected chi connectivity index (χ2v) is 8.89. The Morgan fingerprint density at radius 2 is 1.64 bits per heavy atom. The molecule has 2 aromatic carbocycles. The summed E-state index contributed by atoms with van der Waals surface area (Å²) in [7, 11) is 3.92. The highest BCUT2D eigenvalue weighted by Gasteiger charge is 2.37. The van der Waals surface area contributed by atoms with E-state index in [2.05, 4.69) is 46.4 Å². The lowest BCUT2D eigenvalue weighted by atomic mass is 9.87. The quantitative estimate of drug-likeness (QED) is 0.542. The van der Waals surface area contributed by atoms with Crippen molar-refractivity contribution < 1.29 is 9.84 Å². The highest BCUT2D eigenvalue weighted by Crippen LogP contribution is 2.42. The number of ether oxygens (including phenoxy) is 1. The number of phenols is 1. The van der Waals surface area contributed by atoms with Crippen LogP contribution in [0.25, 0.3) is 0 Å². The number of benzene rings is 2. The number of nitrogens with zero attached hydrogens (tertiary/aromatic N) is 2. The molecule has 0 atom stereocenters. The van der Waals surface area contributed by atoms with Crippen LogP contribution in [0, 0.1) is 0 Å². The third kappa shape index (κ3) is 7.14. The van der Waals surface area contributed by atoms with Crippen molar-refractivity contribution in [3.05, 3.63) is 59.2 Å². The average Bonchev–Trinajstić information content (AvgIpc) is 3.26. The van der Waals surface area contributed by atoms with Gasteiger partial charge in [0.2, 0.25) is 0 Å². The number of nitrogens with one attached hydrogen (secondary N) is 1. The maximum atomic E-state index is 10.4. The van der Waals surface area contributed by atoms with E-state index in [1.165, 1.54) is 24.0 Å². The van der Waals surface area contributed by atoms with Gasteiger partial charge in [0.05, 0.1) is 7.11 Å². The first kappa shape index (κ1) is 29.8. The lowest BCUT2D eigenvalue weighted by Gasteiger charge is -2.33. The number of hydrogen-bond donors (Lipinski definition) is 2. The molecule has 5 nitrogen and oxygen atoms in total. The summed E-state index contributed by atoms with van der Waals surface area (Å²) in [5, 5.41) is 14.3. The average molecular weight is 519 g/mol. The second-order valence-electron chi connectivity index (χ2n) is 8.89. The number of para-hydroxylation sites is 1. The van der Waals surface area contributed by atoms with Crippen molar-refractivity contribution in [2.24, 2.45) is 0 Å².